The minimum absolute atomic E-state index is 0.0219. The van der Waals surface area contributed by atoms with Gasteiger partial charge in [0.05, 0.1) is 0 Å². The number of carbonyl (C=O) groups excluding carboxylic acids is 2. The average Bonchev–Trinajstić information content (AvgIpc) is 2.65. The van der Waals surface area contributed by atoms with E-state index < -0.39 is 29.0 Å². The Morgan fingerprint density at radius 1 is 1.30 bits per heavy atom. The van der Waals surface area contributed by atoms with E-state index >= 15 is 0 Å². The van der Waals surface area contributed by atoms with Crippen molar-refractivity contribution >= 4 is 23.3 Å². The van der Waals surface area contributed by atoms with Crippen molar-refractivity contribution in [3.63, 3.8) is 0 Å². The van der Waals surface area contributed by atoms with E-state index in [1.165, 1.54) is 17.9 Å². The normalized spacial score (nSPS) is 18.7. The van der Waals surface area contributed by atoms with Crippen LogP contribution in [0, 0.1) is 11.6 Å². The van der Waals surface area contributed by atoms with E-state index in [1.54, 1.807) is 18.3 Å². The van der Waals surface area contributed by atoms with E-state index in [0.29, 0.717) is 18.1 Å². The number of hydrogen-bond acceptors (Lipinski definition) is 4. The first kappa shape index (κ1) is 18.8. The van der Waals surface area contributed by atoms with Gasteiger partial charge >= 0.3 is 0 Å². The third-order valence-electron chi connectivity index (χ3n) is 4.32. The summed E-state index contributed by atoms with van der Waals surface area (Å²) in [6.07, 6.45) is 3.12. The van der Waals surface area contributed by atoms with Gasteiger partial charge in [0.25, 0.3) is 17.4 Å². The molecule has 0 saturated heterocycles. The van der Waals surface area contributed by atoms with Crippen LogP contribution in [-0.4, -0.2) is 28.9 Å². The molecule has 1 unspecified atom stereocenters. The van der Waals surface area contributed by atoms with Crippen LogP contribution in [0.5, 0.6) is 5.75 Å². The highest BCUT2D eigenvalue weighted by Gasteiger charge is 2.51. The van der Waals surface area contributed by atoms with Crippen LogP contribution in [-0.2, 0) is 9.59 Å². The van der Waals surface area contributed by atoms with Crippen molar-refractivity contribution in [2.75, 3.05) is 16.8 Å². The molecule has 6 nitrogen and oxygen atoms in total. The molecule has 0 bridgehead atoms. The standard InChI is InChI=1S/C19H19F2N3O3/c1-3-4-10-24-16-15(6-5-9-22-16)27-19(2,18(24)26)17(25)23-12-7-8-13(20)14(21)11-12/h5-9,11H,3-4,10H2,1-2H3,(H,23,25). The summed E-state index contributed by atoms with van der Waals surface area (Å²) >= 11 is 0. The number of benzene rings is 1. The lowest BCUT2D eigenvalue weighted by molar-refractivity contribution is -0.145. The van der Waals surface area contributed by atoms with E-state index in [1.807, 2.05) is 6.92 Å². The van der Waals surface area contributed by atoms with Gasteiger partial charge in [-0.25, -0.2) is 13.8 Å². The number of hydrogen-bond donors (Lipinski definition) is 1. The Bertz CT molecular complexity index is 890. The lowest BCUT2D eigenvalue weighted by atomic mass is 10.0. The Labute approximate surface area is 155 Å². The number of carbonyl (C=O) groups is 2. The first-order valence-electron chi connectivity index (χ1n) is 8.59. The van der Waals surface area contributed by atoms with Gasteiger partial charge in [-0.05, 0) is 37.6 Å². The van der Waals surface area contributed by atoms with Gasteiger partial charge in [-0.1, -0.05) is 13.3 Å². The number of anilines is 2. The highest BCUT2D eigenvalue weighted by molar-refractivity contribution is 6.19. The number of rotatable bonds is 5. The molecule has 2 aromatic rings. The number of nitrogens with zero attached hydrogens (tertiary/aromatic N) is 2. The van der Waals surface area contributed by atoms with E-state index in [9.17, 15) is 18.4 Å². The Kier molecular flexibility index (Phi) is 5.07. The Balaban J connectivity index is 1.92. The van der Waals surface area contributed by atoms with Gasteiger partial charge in [-0.15, -0.1) is 0 Å². The van der Waals surface area contributed by atoms with Gasteiger partial charge in [0, 0.05) is 24.5 Å². The molecule has 2 heterocycles. The summed E-state index contributed by atoms with van der Waals surface area (Å²) in [6, 6.07) is 6.20. The quantitative estimate of drug-likeness (QED) is 0.814. The summed E-state index contributed by atoms with van der Waals surface area (Å²) in [5.74, 6) is -2.83. The van der Waals surface area contributed by atoms with Gasteiger partial charge in [0.15, 0.2) is 23.2 Å². The fraction of sp³-hybridized carbons (Fsp3) is 0.316. The van der Waals surface area contributed by atoms with Gasteiger partial charge < -0.3 is 10.1 Å². The maximum Gasteiger partial charge on any atom is 0.282 e. The van der Waals surface area contributed by atoms with Crippen LogP contribution in [0.15, 0.2) is 36.5 Å². The predicted octanol–water partition coefficient (Wildman–Crippen LogP) is 3.28. The van der Waals surface area contributed by atoms with Crippen molar-refractivity contribution in [2.24, 2.45) is 0 Å². The molecule has 8 heteroatoms. The van der Waals surface area contributed by atoms with E-state index in [4.69, 9.17) is 4.74 Å². The lowest BCUT2D eigenvalue weighted by Crippen LogP contribution is -2.61. The molecule has 0 radical (unpaired) electrons. The Morgan fingerprint density at radius 2 is 2.07 bits per heavy atom. The molecule has 0 aliphatic carbocycles. The van der Waals surface area contributed by atoms with Crippen LogP contribution < -0.4 is 15.0 Å². The highest BCUT2D eigenvalue weighted by Crippen LogP contribution is 2.36. The monoisotopic (exact) mass is 375 g/mol. The van der Waals surface area contributed by atoms with Crippen molar-refractivity contribution < 1.29 is 23.1 Å². The van der Waals surface area contributed by atoms with Gasteiger partial charge in [0.2, 0.25) is 0 Å². The maximum absolute atomic E-state index is 13.4. The summed E-state index contributed by atoms with van der Waals surface area (Å²) < 4.78 is 32.2. The largest absolute Gasteiger partial charge is 0.464 e. The molecule has 1 aromatic heterocycles. The van der Waals surface area contributed by atoms with Crippen LogP contribution in [0.2, 0.25) is 0 Å². The number of pyridine rings is 1. The van der Waals surface area contributed by atoms with Gasteiger partial charge in [0.1, 0.15) is 0 Å². The predicted molar refractivity (Wildman–Crippen MR) is 95.5 cm³/mol. The second-order valence-corrected chi connectivity index (χ2v) is 6.35. The first-order chi connectivity index (χ1) is 12.9. The summed E-state index contributed by atoms with van der Waals surface area (Å²) in [5, 5.41) is 2.42. The molecule has 0 saturated carbocycles. The number of nitrogens with one attached hydrogen (secondary N) is 1. The van der Waals surface area contributed by atoms with Crippen molar-refractivity contribution in [1.29, 1.82) is 0 Å². The zero-order valence-electron chi connectivity index (χ0n) is 15.0. The second kappa shape index (κ2) is 7.30. The molecule has 1 aliphatic heterocycles. The van der Waals surface area contributed by atoms with E-state index in [2.05, 4.69) is 10.3 Å². The minimum Gasteiger partial charge on any atom is -0.464 e. The maximum atomic E-state index is 13.4. The number of aromatic nitrogens is 1. The van der Waals surface area contributed by atoms with Crippen molar-refractivity contribution in [2.45, 2.75) is 32.3 Å². The molecule has 0 spiro atoms. The average molecular weight is 375 g/mol. The second-order valence-electron chi connectivity index (χ2n) is 6.35. The Hall–Kier alpha value is -3.03. The van der Waals surface area contributed by atoms with Crippen LogP contribution in [0.4, 0.5) is 20.3 Å². The molecule has 3 rings (SSSR count). The molecule has 142 valence electrons. The van der Waals surface area contributed by atoms with Crippen LogP contribution >= 0.6 is 0 Å². The third-order valence-corrected chi connectivity index (χ3v) is 4.32. The smallest absolute Gasteiger partial charge is 0.282 e. The molecular formula is C19H19F2N3O3. The summed E-state index contributed by atoms with van der Waals surface area (Å²) in [7, 11) is 0. The van der Waals surface area contributed by atoms with Crippen molar-refractivity contribution in [3.05, 3.63) is 48.2 Å². The van der Waals surface area contributed by atoms with E-state index in [0.717, 1.165) is 25.0 Å². The zero-order chi connectivity index (χ0) is 19.6. The summed E-state index contributed by atoms with van der Waals surface area (Å²) in [6.45, 7) is 3.72. The van der Waals surface area contributed by atoms with Crippen LogP contribution in [0.25, 0.3) is 0 Å². The molecular weight excluding hydrogens is 356 g/mol. The number of amides is 2. The highest BCUT2D eigenvalue weighted by atomic mass is 19.2. The number of fused-ring (bicyclic) bond motifs is 1. The Morgan fingerprint density at radius 3 is 2.78 bits per heavy atom. The van der Waals surface area contributed by atoms with Crippen molar-refractivity contribution in [1.82, 2.24) is 4.98 Å². The van der Waals surface area contributed by atoms with Crippen LogP contribution in [0.1, 0.15) is 26.7 Å². The molecule has 27 heavy (non-hydrogen) atoms. The topological polar surface area (TPSA) is 71.5 Å². The fourth-order valence-electron chi connectivity index (χ4n) is 2.77. The van der Waals surface area contributed by atoms with Crippen LogP contribution in [0.3, 0.4) is 0 Å². The van der Waals surface area contributed by atoms with Crippen molar-refractivity contribution in [3.8, 4) is 5.75 Å². The summed E-state index contributed by atoms with van der Waals surface area (Å²) in [5.41, 5.74) is -1.84. The molecule has 1 atom stereocenters. The van der Waals surface area contributed by atoms with Gasteiger partial charge in [-0.3, -0.25) is 14.5 Å². The SMILES string of the molecule is CCCCN1C(=O)C(C)(C(=O)Nc2ccc(F)c(F)c2)Oc2cccnc21. The third kappa shape index (κ3) is 3.47. The number of unbranched alkanes of at least 4 members (excludes halogenated alkanes) is 1. The minimum atomic E-state index is -1.87. The molecule has 2 amide bonds. The first-order valence-corrected chi connectivity index (χ1v) is 8.59. The van der Waals surface area contributed by atoms with Gasteiger partial charge in [-0.2, -0.15) is 0 Å². The van der Waals surface area contributed by atoms with E-state index in [-0.39, 0.29) is 5.69 Å². The molecule has 1 aliphatic rings. The molecule has 0 fully saturated rings. The molecule has 1 N–H and O–H groups in total. The fourth-order valence-corrected chi connectivity index (χ4v) is 2.77. The lowest BCUT2D eigenvalue weighted by Gasteiger charge is -2.38. The number of ether oxygens (including phenoxy) is 1. The summed E-state index contributed by atoms with van der Waals surface area (Å²) in [4.78, 5) is 31.5. The number of halogens is 2. The molecule has 1 aromatic carbocycles. The zero-order valence-corrected chi connectivity index (χ0v) is 15.0.